The molecule has 2 nitrogen and oxygen atoms in total. The first-order valence-electron chi connectivity index (χ1n) is 7.59. The van der Waals surface area contributed by atoms with Crippen molar-refractivity contribution in [2.24, 2.45) is 11.7 Å². The molecule has 2 rings (SSSR count). The van der Waals surface area contributed by atoms with Crippen LogP contribution in [0.25, 0.3) is 0 Å². The Hall–Kier alpha value is -1.02. The third-order valence-corrected chi connectivity index (χ3v) is 4.25. The van der Waals surface area contributed by atoms with Gasteiger partial charge in [0.2, 0.25) is 0 Å². The van der Waals surface area contributed by atoms with E-state index < -0.39 is 0 Å². The van der Waals surface area contributed by atoms with E-state index in [1.54, 1.807) is 0 Å². The van der Waals surface area contributed by atoms with E-state index in [4.69, 9.17) is 10.5 Å². The second-order valence-corrected chi connectivity index (χ2v) is 6.22. The van der Waals surface area contributed by atoms with Crippen LogP contribution in [-0.4, -0.2) is 6.10 Å². The van der Waals surface area contributed by atoms with Crippen LogP contribution in [0.15, 0.2) is 24.3 Å². The summed E-state index contributed by atoms with van der Waals surface area (Å²) in [4.78, 5) is 0. The Labute approximate surface area is 117 Å². The van der Waals surface area contributed by atoms with Crippen molar-refractivity contribution >= 4 is 0 Å². The predicted octanol–water partition coefficient (Wildman–Crippen LogP) is 4.23. The molecule has 0 radical (unpaired) electrons. The quantitative estimate of drug-likeness (QED) is 0.880. The van der Waals surface area contributed by atoms with Crippen LogP contribution in [0.2, 0.25) is 0 Å². The topological polar surface area (TPSA) is 35.2 Å². The monoisotopic (exact) mass is 261 g/mol. The summed E-state index contributed by atoms with van der Waals surface area (Å²) in [6.45, 7) is 6.38. The fraction of sp³-hybridized carbons (Fsp3) is 0.647. The van der Waals surface area contributed by atoms with E-state index in [9.17, 15) is 0 Å². The molecule has 1 fully saturated rings. The fourth-order valence-corrected chi connectivity index (χ4v) is 3.19. The lowest BCUT2D eigenvalue weighted by atomic mass is 9.72. The van der Waals surface area contributed by atoms with Crippen molar-refractivity contribution in [3.63, 3.8) is 0 Å². The van der Waals surface area contributed by atoms with Gasteiger partial charge in [0.15, 0.2) is 0 Å². The van der Waals surface area contributed by atoms with E-state index in [0.29, 0.717) is 0 Å². The SMILES string of the molecule is CCC1CCCC(N)(c2cccc(OC(C)C)c2)C1. The maximum absolute atomic E-state index is 6.69. The summed E-state index contributed by atoms with van der Waals surface area (Å²) in [5.74, 6) is 1.71. The Bertz CT molecular complexity index is 415. The third-order valence-electron chi connectivity index (χ3n) is 4.25. The Morgan fingerprint density at radius 3 is 2.89 bits per heavy atom. The van der Waals surface area contributed by atoms with Crippen LogP contribution >= 0.6 is 0 Å². The van der Waals surface area contributed by atoms with Crippen molar-refractivity contribution in [2.45, 2.75) is 64.5 Å². The van der Waals surface area contributed by atoms with E-state index in [1.807, 2.05) is 6.07 Å². The lowest BCUT2D eigenvalue weighted by molar-refractivity contribution is 0.217. The average molecular weight is 261 g/mol. The molecule has 0 bridgehead atoms. The minimum Gasteiger partial charge on any atom is -0.491 e. The normalized spacial score (nSPS) is 27.5. The zero-order valence-electron chi connectivity index (χ0n) is 12.5. The molecule has 1 aliphatic carbocycles. The highest BCUT2D eigenvalue weighted by molar-refractivity contribution is 5.33. The minimum atomic E-state index is -0.157. The molecule has 1 aliphatic rings. The number of benzene rings is 1. The predicted molar refractivity (Wildman–Crippen MR) is 80.3 cm³/mol. The van der Waals surface area contributed by atoms with Crippen molar-refractivity contribution in [1.29, 1.82) is 0 Å². The minimum absolute atomic E-state index is 0.157. The van der Waals surface area contributed by atoms with Gasteiger partial charge in [0.1, 0.15) is 5.75 Å². The summed E-state index contributed by atoms with van der Waals surface area (Å²) in [5.41, 5.74) is 7.77. The van der Waals surface area contributed by atoms with Gasteiger partial charge >= 0.3 is 0 Å². The van der Waals surface area contributed by atoms with Crippen LogP contribution in [0.4, 0.5) is 0 Å². The second-order valence-electron chi connectivity index (χ2n) is 6.22. The molecule has 0 spiro atoms. The molecule has 0 amide bonds. The molecule has 2 unspecified atom stereocenters. The first-order chi connectivity index (χ1) is 9.03. The van der Waals surface area contributed by atoms with Gasteiger partial charge in [-0.1, -0.05) is 38.3 Å². The molecule has 1 aromatic carbocycles. The molecule has 2 N–H and O–H groups in total. The molecular weight excluding hydrogens is 234 g/mol. The summed E-state index contributed by atoms with van der Waals surface area (Å²) in [5, 5.41) is 0. The first kappa shape index (κ1) is 14.4. The number of rotatable bonds is 4. The van der Waals surface area contributed by atoms with Crippen molar-refractivity contribution in [3.05, 3.63) is 29.8 Å². The zero-order chi connectivity index (χ0) is 13.9. The van der Waals surface area contributed by atoms with E-state index >= 15 is 0 Å². The summed E-state index contributed by atoms with van der Waals surface area (Å²) in [6, 6.07) is 8.38. The van der Waals surface area contributed by atoms with Gasteiger partial charge in [-0.15, -0.1) is 0 Å². The van der Waals surface area contributed by atoms with Gasteiger partial charge in [0.05, 0.1) is 6.10 Å². The van der Waals surface area contributed by atoms with Gasteiger partial charge in [0, 0.05) is 5.54 Å². The summed E-state index contributed by atoms with van der Waals surface area (Å²) < 4.78 is 5.79. The van der Waals surface area contributed by atoms with Crippen molar-refractivity contribution < 1.29 is 4.74 Å². The molecular formula is C17H27NO. The summed E-state index contributed by atoms with van der Waals surface area (Å²) in [7, 11) is 0. The molecule has 1 saturated carbocycles. The molecule has 0 aliphatic heterocycles. The average Bonchev–Trinajstić information content (AvgIpc) is 2.38. The van der Waals surface area contributed by atoms with E-state index in [0.717, 1.165) is 24.5 Å². The van der Waals surface area contributed by atoms with Gasteiger partial charge in [-0.05, 0) is 50.3 Å². The van der Waals surface area contributed by atoms with Gasteiger partial charge in [-0.2, -0.15) is 0 Å². The lowest BCUT2D eigenvalue weighted by Crippen LogP contribution is -2.41. The summed E-state index contributed by atoms with van der Waals surface area (Å²) in [6.07, 6.45) is 6.21. The van der Waals surface area contributed by atoms with Crippen LogP contribution in [0, 0.1) is 5.92 Å². The fourth-order valence-electron chi connectivity index (χ4n) is 3.19. The molecule has 2 heteroatoms. The van der Waals surface area contributed by atoms with Gasteiger partial charge in [-0.25, -0.2) is 0 Å². The molecule has 1 aromatic rings. The molecule has 0 saturated heterocycles. The lowest BCUT2D eigenvalue weighted by Gasteiger charge is -2.38. The van der Waals surface area contributed by atoms with Crippen LogP contribution in [0.1, 0.15) is 58.4 Å². The van der Waals surface area contributed by atoms with Crippen LogP contribution in [0.5, 0.6) is 5.75 Å². The van der Waals surface area contributed by atoms with Gasteiger partial charge < -0.3 is 10.5 Å². The molecule has 19 heavy (non-hydrogen) atoms. The van der Waals surface area contributed by atoms with Crippen LogP contribution < -0.4 is 10.5 Å². The van der Waals surface area contributed by atoms with Crippen molar-refractivity contribution in [1.82, 2.24) is 0 Å². The maximum Gasteiger partial charge on any atom is 0.120 e. The Kier molecular flexibility index (Phi) is 4.51. The number of nitrogens with two attached hydrogens (primary N) is 1. The van der Waals surface area contributed by atoms with E-state index in [-0.39, 0.29) is 11.6 Å². The molecule has 106 valence electrons. The number of ether oxygens (including phenoxy) is 1. The summed E-state index contributed by atoms with van der Waals surface area (Å²) >= 11 is 0. The Morgan fingerprint density at radius 1 is 1.42 bits per heavy atom. The Morgan fingerprint density at radius 2 is 2.21 bits per heavy atom. The molecule has 2 atom stereocenters. The standard InChI is InChI=1S/C17H27NO/c1-4-14-7-6-10-17(18,12-14)15-8-5-9-16(11-15)19-13(2)3/h5,8-9,11,13-14H,4,6-7,10,12,18H2,1-3H3. The van der Waals surface area contributed by atoms with Gasteiger partial charge in [-0.3, -0.25) is 0 Å². The first-order valence-corrected chi connectivity index (χ1v) is 7.59. The van der Waals surface area contributed by atoms with E-state index in [1.165, 1.54) is 24.8 Å². The van der Waals surface area contributed by atoms with Crippen molar-refractivity contribution in [2.75, 3.05) is 0 Å². The number of hydrogen-bond acceptors (Lipinski definition) is 2. The van der Waals surface area contributed by atoms with Gasteiger partial charge in [0.25, 0.3) is 0 Å². The molecule has 0 aromatic heterocycles. The Balaban J connectivity index is 2.19. The highest BCUT2D eigenvalue weighted by Crippen LogP contribution is 2.40. The van der Waals surface area contributed by atoms with Crippen molar-refractivity contribution in [3.8, 4) is 5.75 Å². The maximum atomic E-state index is 6.69. The zero-order valence-corrected chi connectivity index (χ0v) is 12.5. The highest BCUT2D eigenvalue weighted by Gasteiger charge is 2.33. The largest absolute Gasteiger partial charge is 0.491 e. The second kappa shape index (κ2) is 5.96. The van der Waals surface area contributed by atoms with Crippen LogP contribution in [0.3, 0.4) is 0 Å². The third kappa shape index (κ3) is 3.50. The van der Waals surface area contributed by atoms with E-state index in [2.05, 4.69) is 39.0 Å². The smallest absolute Gasteiger partial charge is 0.120 e. The van der Waals surface area contributed by atoms with Crippen LogP contribution in [-0.2, 0) is 5.54 Å². The molecule has 0 heterocycles. The highest BCUT2D eigenvalue weighted by atomic mass is 16.5. The number of hydrogen-bond donors (Lipinski definition) is 1.